The highest BCUT2D eigenvalue weighted by atomic mass is 16.3. The Labute approximate surface area is 158 Å². The Bertz CT molecular complexity index is 949. The summed E-state index contributed by atoms with van der Waals surface area (Å²) >= 11 is 0. The number of aryl methyl sites for hydroxylation is 1. The minimum absolute atomic E-state index is 0.127. The Morgan fingerprint density at radius 3 is 2.63 bits per heavy atom. The number of amides is 1. The van der Waals surface area contributed by atoms with Crippen LogP contribution in [0.1, 0.15) is 34.2 Å². The van der Waals surface area contributed by atoms with Gasteiger partial charge in [-0.3, -0.25) is 9.48 Å². The van der Waals surface area contributed by atoms with E-state index in [-0.39, 0.29) is 5.91 Å². The molecule has 0 saturated heterocycles. The van der Waals surface area contributed by atoms with Gasteiger partial charge in [-0.1, -0.05) is 54.6 Å². The summed E-state index contributed by atoms with van der Waals surface area (Å²) in [7, 11) is 0. The number of benzene rings is 2. The molecule has 2 heterocycles. The highest BCUT2D eigenvalue weighted by molar-refractivity contribution is 5.79. The number of carbonyl (C=O) groups excluding carboxylic acids is 1. The number of aromatic nitrogens is 2. The van der Waals surface area contributed by atoms with Crippen LogP contribution < -0.4 is 0 Å². The van der Waals surface area contributed by atoms with E-state index >= 15 is 0 Å². The maximum Gasteiger partial charge on any atom is 0.227 e. The number of aliphatic hydroxyl groups excluding tert-OH is 1. The van der Waals surface area contributed by atoms with Crippen LogP contribution in [0.4, 0.5) is 0 Å². The highest BCUT2D eigenvalue weighted by Gasteiger charge is 2.24. The van der Waals surface area contributed by atoms with Gasteiger partial charge in [0.1, 0.15) is 6.10 Å². The second kappa shape index (κ2) is 7.37. The van der Waals surface area contributed by atoms with E-state index in [9.17, 15) is 9.90 Å². The maximum atomic E-state index is 12.7. The summed E-state index contributed by atoms with van der Waals surface area (Å²) in [5.41, 5.74) is 4.62. The van der Waals surface area contributed by atoms with Gasteiger partial charge in [-0.15, -0.1) is 0 Å². The molecule has 0 aliphatic carbocycles. The van der Waals surface area contributed by atoms with Gasteiger partial charge in [-0.05, 0) is 29.7 Å². The molecule has 0 spiro atoms. The molecule has 0 bridgehead atoms. The van der Waals surface area contributed by atoms with Crippen molar-refractivity contribution in [2.24, 2.45) is 0 Å². The first-order valence-corrected chi connectivity index (χ1v) is 9.24. The van der Waals surface area contributed by atoms with E-state index < -0.39 is 6.10 Å². The lowest BCUT2D eigenvalue weighted by Crippen LogP contribution is -2.39. The molecule has 1 N–H and O–H groups in total. The van der Waals surface area contributed by atoms with Crippen LogP contribution in [0.2, 0.25) is 0 Å². The molecule has 1 unspecified atom stereocenters. The fourth-order valence-electron chi connectivity index (χ4n) is 3.52. The van der Waals surface area contributed by atoms with Gasteiger partial charge in [0.15, 0.2) is 0 Å². The van der Waals surface area contributed by atoms with Crippen molar-refractivity contribution in [2.75, 3.05) is 6.54 Å². The molecule has 3 aromatic rings. The van der Waals surface area contributed by atoms with Gasteiger partial charge >= 0.3 is 0 Å². The summed E-state index contributed by atoms with van der Waals surface area (Å²) in [5, 5.41) is 15.1. The van der Waals surface area contributed by atoms with Crippen molar-refractivity contribution in [3.8, 4) is 0 Å². The Morgan fingerprint density at radius 1 is 1.11 bits per heavy atom. The minimum atomic E-state index is -0.750. The molecule has 1 aliphatic rings. The predicted octanol–water partition coefficient (Wildman–Crippen LogP) is 2.86. The average molecular weight is 361 g/mol. The topological polar surface area (TPSA) is 58.4 Å². The summed E-state index contributed by atoms with van der Waals surface area (Å²) in [6.45, 7) is 3.85. The average Bonchev–Trinajstić information content (AvgIpc) is 3.13. The largest absolute Gasteiger partial charge is 0.382 e. The molecule has 138 valence electrons. The maximum absolute atomic E-state index is 12.7. The van der Waals surface area contributed by atoms with Gasteiger partial charge in [0.05, 0.1) is 30.9 Å². The molecule has 1 amide bonds. The lowest BCUT2D eigenvalue weighted by molar-refractivity contribution is -0.132. The van der Waals surface area contributed by atoms with Crippen molar-refractivity contribution in [1.29, 1.82) is 0 Å². The number of nitrogens with zero attached hydrogens (tertiary/aromatic N) is 3. The first-order valence-electron chi connectivity index (χ1n) is 9.24. The smallest absolute Gasteiger partial charge is 0.227 e. The van der Waals surface area contributed by atoms with Crippen molar-refractivity contribution < 1.29 is 9.90 Å². The molecule has 2 aromatic carbocycles. The van der Waals surface area contributed by atoms with E-state index in [1.807, 2.05) is 77.2 Å². The van der Waals surface area contributed by atoms with E-state index in [2.05, 4.69) is 5.10 Å². The van der Waals surface area contributed by atoms with E-state index in [0.717, 1.165) is 22.4 Å². The van der Waals surface area contributed by atoms with Gasteiger partial charge in [-0.2, -0.15) is 5.10 Å². The third kappa shape index (κ3) is 3.64. The zero-order chi connectivity index (χ0) is 18.8. The van der Waals surface area contributed by atoms with Crippen LogP contribution >= 0.6 is 0 Å². The fraction of sp³-hybridized carbons (Fsp3) is 0.273. The van der Waals surface area contributed by atoms with Crippen molar-refractivity contribution in [2.45, 2.75) is 32.5 Å². The fourth-order valence-corrected chi connectivity index (χ4v) is 3.52. The lowest BCUT2D eigenvalue weighted by Gasteiger charge is -2.28. The highest BCUT2D eigenvalue weighted by Crippen LogP contribution is 2.24. The number of aliphatic hydroxyl groups is 1. The second-order valence-corrected chi connectivity index (χ2v) is 7.02. The molecule has 4 rings (SSSR count). The normalized spacial score (nSPS) is 14.7. The van der Waals surface area contributed by atoms with E-state index in [1.165, 1.54) is 0 Å². The molecule has 0 fully saturated rings. The first-order chi connectivity index (χ1) is 13.1. The van der Waals surface area contributed by atoms with Crippen LogP contribution in [0.3, 0.4) is 0 Å². The lowest BCUT2D eigenvalue weighted by atomic mass is 10.0. The summed E-state index contributed by atoms with van der Waals surface area (Å²) in [4.78, 5) is 14.6. The monoisotopic (exact) mass is 361 g/mol. The molecule has 1 aliphatic heterocycles. The zero-order valence-electron chi connectivity index (χ0n) is 15.4. The predicted molar refractivity (Wildman–Crippen MR) is 103 cm³/mol. The van der Waals surface area contributed by atoms with Crippen molar-refractivity contribution in [3.63, 3.8) is 0 Å². The summed E-state index contributed by atoms with van der Waals surface area (Å²) in [6, 6.07) is 19.4. The van der Waals surface area contributed by atoms with Crippen LogP contribution in [0.25, 0.3) is 0 Å². The standard InChI is InChI=1S/C22H23N3O2/c1-16-7-5-6-10-18(16)13-21(26)24-11-12-25-19(15-24)14-20(23-25)22(27)17-8-3-2-4-9-17/h2-10,14,22,27H,11-13,15H2,1H3. The molecule has 5 heteroatoms. The molecular formula is C22H23N3O2. The molecule has 5 nitrogen and oxygen atoms in total. The molecule has 1 atom stereocenters. The molecular weight excluding hydrogens is 338 g/mol. The quantitative estimate of drug-likeness (QED) is 0.777. The van der Waals surface area contributed by atoms with Crippen molar-refractivity contribution in [3.05, 3.63) is 88.7 Å². The second-order valence-electron chi connectivity index (χ2n) is 7.02. The number of rotatable bonds is 4. The molecule has 0 saturated carbocycles. The summed E-state index contributed by atoms with van der Waals surface area (Å²) in [6.07, 6.45) is -0.333. The van der Waals surface area contributed by atoms with E-state index in [0.29, 0.717) is 31.7 Å². The number of carbonyl (C=O) groups is 1. The van der Waals surface area contributed by atoms with Crippen LogP contribution in [0, 0.1) is 6.92 Å². The zero-order valence-corrected chi connectivity index (χ0v) is 15.4. The molecule has 0 radical (unpaired) electrons. The number of hydrogen-bond acceptors (Lipinski definition) is 3. The number of fused-ring (bicyclic) bond motifs is 1. The SMILES string of the molecule is Cc1ccccc1CC(=O)N1CCn2nc(C(O)c3ccccc3)cc2C1. The van der Waals surface area contributed by atoms with Crippen LogP contribution in [-0.4, -0.2) is 32.2 Å². The van der Waals surface area contributed by atoms with Crippen LogP contribution in [0.5, 0.6) is 0 Å². The van der Waals surface area contributed by atoms with Gasteiger partial charge in [0.25, 0.3) is 0 Å². The van der Waals surface area contributed by atoms with Crippen LogP contribution in [0.15, 0.2) is 60.7 Å². The molecule has 27 heavy (non-hydrogen) atoms. The third-order valence-electron chi connectivity index (χ3n) is 5.17. The van der Waals surface area contributed by atoms with Crippen molar-refractivity contribution in [1.82, 2.24) is 14.7 Å². The van der Waals surface area contributed by atoms with E-state index in [1.54, 1.807) is 0 Å². The summed E-state index contributed by atoms with van der Waals surface area (Å²) in [5.74, 6) is 0.127. The first kappa shape index (κ1) is 17.5. The third-order valence-corrected chi connectivity index (χ3v) is 5.17. The Balaban J connectivity index is 1.48. The summed E-state index contributed by atoms with van der Waals surface area (Å²) < 4.78 is 1.90. The number of hydrogen-bond donors (Lipinski definition) is 1. The van der Waals surface area contributed by atoms with Crippen LogP contribution in [-0.2, 0) is 24.3 Å². The Kier molecular flexibility index (Phi) is 4.77. The van der Waals surface area contributed by atoms with Gasteiger partial charge in [0.2, 0.25) is 5.91 Å². The van der Waals surface area contributed by atoms with Gasteiger partial charge in [-0.25, -0.2) is 0 Å². The van der Waals surface area contributed by atoms with Gasteiger partial charge < -0.3 is 10.0 Å². The van der Waals surface area contributed by atoms with E-state index in [4.69, 9.17) is 0 Å². The van der Waals surface area contributed by atoms with Crippen molar-refractivity contribution >= 4 is 5.91 Å². The minimum Gasteiger partial charge on any atom is -0.382 e. The Hall–Kier alpha value is -2.92. The molecule has 1 aromatic heterocycles. The Morgan fingerprint density at radius 2 is 1.85 bits per heavy atom. The van der Waals surface area contributed by atoms with Gasteiger partial charge in [0, 0.05) is 6.54 Å².